The maximum Gasteiger partial charge on any atom is 0.270 e. The predicted molar refractivity (Wildman–Crippen MR) is 108 cm³/mol. The van der Waals surface area contributed by atoms with Gasteiger partial charge in [-0.2, -0.15) is 5.26 Å². The molecule has 8 nitrogen and oxygen atoms in total. The Morgan fingerprint density at radius 1 is 1.31 bits per heavy atom. The number of fused-ring (bicyclic) bond motifs is 1. The van der Waals surface area contributed by atoms with Crippen molar-refractivity contribution in [3.63, 3.8) is 0 Å². The average Bonchev–Trinajstić information content (AvgIpc) is 3.16. The van der Waals surface area contributed by atoms with E-state index in [4.69, 9.17) is 10.5 Å². The Labute approximate surface area is 170 Å². The minimum atomic E-state index is -0.507. The van der Waals surface area contributed by atoms with Crippen LogP contribution < -0.4 is 10.5 Å². The summed E-state index contributed by atoms with van der Waals surface area (Å²) in [6, 6.07) is 16.1. The van der Waals surface area contributed by atoms with Gasteiger partial charge in [0, 0.05) is 22.6 Å². The second-order valence-corrected chi connectivity index (χ2v) is 7.20. The fourth-order valence-electron chi connectivity index (χ4n) is 3.37. The van der Waals surface area contributed by atoms with Crippen LogP contribution in [0.25, 0.3) is 11.3 Å². The number of ether oxygens (including phenoxy) is 1. The van der Waals surface area contributed by atoms with Crippen LogP contribution in [0.5, 0.6) is 5.88 Å². The highest BCUT2D eigenvalue weighted by molar-refractivity contribution is 7.98. The highest BCUT2D eigenvalue weighted by atomic mass is 32.2. The Bertz CT molecular complexity index is 1180. The van der Waals surface area contributed by atoms with Crippen molar-refractivity contribution in [2.45, 2.75) is 10.8 Å². The quantitative estimate of drug-likeness (QED) is 0.382. The fraction of sp³-hybridized carbons (Fsp3) is 0.100. The van der Waals surface area contributed by atoms with Crippen LogP contribution in [0.15, 0.2) is 64.9 Å². The Morgan fingerprint density at radius 2 is 2.07 bits per heavy atom. The van der Waals surface area contributed by atoms with Crippen molar-refractivity contribution in [3.8, 4) is 23.2 Å². The fourth-order valence-corrected chi connectivity index (χ4v) is 3.78. The van der Waals surface area contributed by atoms with E-state index in [9.17, 15) is 15.4 Å². The molecule has 0 bridgehead atoms. The topological polar surface area (TPSA) is 131 Å². The number of aromatic amines is 1. The average molecular weight is 405 g/mol. The Kier molecular flexibility index (Phi) is 4.70. The molecule has 3 aromatic rings. The lowest BCUT2D eigenvalue weighted by Gasteiger charge is -2.24. The summed E-state index contributed by atoms with van der Waals surface area (Å²) in [5.74, 6) is -0.259. The largest absolute Gasteiger partial charge is 0.420 e. The van der Waals surface area contributed by atoms with Gasteiger partial charge in [0.15, 0.2) is 0 Å². The molecule has 2 heterocycles. The van der Waals surface area contributed by atoms with E-state index in [1.165, 1.54) is 12.1 Å². The van der Waals surface area contributed by atoms with Crippen LogP contribution in [0.2, 0.25) is 0 Å². The molecule has 144 valence electrons. The van der Waals surface area contributed by atoms with Crippen LogP contribution in [0.1, 0.15) is 17.0 Å². The number of H-pyrrole nitrogens is 1. The van der Waals surface area contributed by atoms with Crippen LogP contribution in [0, 0.1) is 21.4 Å². The molecule has 2 aromatic carbocycles. The number of nitrogens with one attached hydrogen (secondary N) is 1. The van der Waals surface area contributed by atoms with Gasteiger partial charge in [-0.15, -0.1) is 16.9 Å². The molecule has 0 saturated heterocycles. The van der Waals surface area contributed by atoms with Crippen molar-refractivity contribution < 1.29 is 9.66 Å². The maximum atomic E-state index is 11.2. The third-order valence-electron chi connectivity index (χ3n) is 4.73. The molecular formula is C20H15N5O3S. The van der Waals surface area contributed by atoms with Crippen LogP contribution in [0.3, 0.4) is 0 Å². The van der Waals surface area contributed by atoms with Gasteiger partial charge in [-0.25, -0.2) is 0 Å². The summed E-state index contributed by atoms with van der Waals surface area (Å²) in [4.78, 5) is 11.8. The first-order valence-electron chi connectivity index (χ1n) is 8.58. The normalized spacial score (nSPS) is 15.4. The Morgan fingerprint density at radius 3 is 2.72 bits per heavy atom. The molecule has 0 saturated carbocycles. The number of nitrogens with two attached hydrogens (primary N) is 1. The number of aromatic nitrogens is 2. The van der Waals surface area contributed by atoms with Gasteiger partial charge >= 0.3 is 0 Å². The SMILES string of the molecule is CSc1ccc([C@H]2C(C#N)=C(N)Oc3n[nH]c(-c4cccc([N+](=O)[O-])c4)c32)cc1. The lowest BCUT2D eigenvalue weighted by molar-refractivity contribution is -0.384. The van der Waals surface area contributed by atoms with Crippen molar-refractivity contribution in [3.05, 3.63) is 81.2 Å². The van der Waals surface area contributed by atoms with Crippen LogP contribution >= 0.6 is 11.8 Å². The minimum Gasteiger partial charge on any atom is -0.420 e. The summed E-state index contributed by atoms with van der Waals surface area (Å²) in [6.45, 7) is 0. The molecule has 1 aliphatic rings. The molecule has 29 heavy (non-hydrogen) atoms. The number of hydrogen-bond acceptors (Lipinski definition) is 7. The molecule has 0 amide bonds. The van der Waals surface area contributed by atoms with E-state index in [1.807, 2.05) is 30.5 Å². The van der Waals surface area contributed by atoms with Crippen molar-refractivity contribution in [1.82, 2.24) is 10.2 Å². The van der Waals surface area contributed by atoms with Gasteiger partial charge in [-0.05, 0) is 24.0 Å². The lowest BCUT2D eigenvalue weighted by Crippen LogP contribution is -2.21. The number of nitro groups is 1. The number of rotatable bonds is 4. The monoisotopic (exact) mass is 405 g/mol. The zero-order chi connectivity index (χ0) is 20.5. The molecule has 0 fully saturated rings. The van der Waals surface area contributed by atoms with Crippen molar-refractivity contribution in [2.75, 3.05) is 6.26 Å². The van der Waals surface area contributed by atoms with Gasteiger partial charge in [-0.1, -0.05) is 24.3 Å². The van der Waals surface area contributed by atoms with E-state index < -0.39 is 10.8 Å². The molecule has 4 rings (SSSR count). The van der Waals surface area contributed by atoms with Gasteiger partial charge in [0.1, 0.15) is 11.6 Å². The number of thioether (sulfide) groups is 1. The number of nitriles is 1. The molecular weight excluding hydrogens is 390 g/mol. The van der Waals surface area contributed by atoms with Gasteiger partial charge in [0.25, 0.3) is 5.69 Å². The smallest absolute Gasteiger partial charge is 0.270 e. The second kappa shape index (κ2) is 7.33. The van der Waals surface area contributed by atoms with Gasteiger partial charge in [-0.3, -0.25) is 15.2 Å². The summed E-state index contributed by atoms with van der Waals surface area (Å²) in [6.07, 6.45) is 1.98. The number of nitro benzene ring substituents is 1. The lowest BCUT2D eigenvalue weighted by atomic mass is 9.83. The molecule has 3 N–H and O–H groups in total. The Hall–Kier alpha value is -3.77. The molecule has 1 atom stereocenters. The number of hydrogen-bond donors (Lipinski definition) is 2. The van der Waals surface area contributed by atoms with E-state index in [2.05, 4.69) is 16.3 Å². The molecule has 1 aliphatic heterocycles. The highest BCUT2D eigenvalue weighted by Crippen LogP contribution is 2.46. The molecule has 0 spiro atoms. The molecule has 1 aromatic heterocycles. The first-order valence-corrected chi connectivity index (χ1v) is 9.80. The molecule has 0 aliphatic carbocycles. The first kappa shape index (κ1) is 18.6. The Balaban J connectivity index is 1.91. The van der Waals surface area contributed by atoms with E-state index in [0.29, 0.717) is 16.8 Å². The molecule has 9 heteroatoms. The first-order chi connectivity index (χ1) is 14.0. The zero-order valence-corrected chi connectivity index (χ0v) is 16.1. The third-order valence-corrected chi connectivity index (χ3v) is 5.48. The summed E-state index contributed by atoms with van der Waals surface area (Å²) >= 11 is 1.61. The van der Waals surface area contributed by atoms with Gasteiger partial charge < -0.3 is 10.5 Å². The zero-order valence-electron chi connectivity index (χ0n) is 15.2. The number of benzene rings is 2. The summed E-state index contributed by atoms with van der Waals surface area (Å²) in [5, 5.41) is 28.0. The van der Waals surface area contributed by atoms with Gasteiger partial charge in [0.2, 0.25) is 11.8 Å². The maximum absolute atomic E-state index is 11.2. The van der Waals surface area contributed by atoms with Crippen molar-refractivity contribution >= 4 is 17.4 Å². The minimum absolute atomic E-state index is 0.00367. The highest BCUT2D eigenvalue weighted by Gasteiger charge is 2.35. The van der Waals surface area contributed by atoms with Crippen molar-refractivity contribution in [2.24, 2.45) is 5.73 Å². The molecule has 0 unspecified atom stereocenters. The van der Waals surface area contributed by atoms with E-state index in [0.717, 1.165) is 10.5 Å². The molecule has 0 radical (unpaired) electrons. The summed E-state index contributed by atoms with van der Waals surface area (Å²) < 4.78 is 5.57. The summed E-state index contributed by atoms with van der Waals surface area (Å²) in [7, 11) is 0. The van der Waals surface area contributed by atoms with E-state index in [1.54, 1.807) is 23.9 Å². The van der Waals surface area contributed by atoms with Crippen LogP contribution in [0.4, 0.5) is 5.69 Å². The van der Waals surface area contributed by atoms with Crippen LogP contribution in [-0.4, -0.2) is 21.4 Å². The van der Waals surface area contributed by atoms with E-state index in [-0.39, 0.29) is 23.0 Å². The number of nitrogens with zero attached hydrogens (tertiary/aromatic N) is 3. The van der Waals surface area contributed by atoms with E-state index >= 15 is 0 Å². The number of non-ortho nitro benzene ring substituents is 1. The standard InChI is InChI=1S/C20H15N5O3S/c1-29-14-7-5-11(6-8-14)16-15(10-21)19(22)28-20-17(16)18(23-24-20)12-3-2-4-13(9-12)25(26)27/h2-9,16H,22H2,1H3,(H,23,24)/t16-/m0/s1. The second-order valence-electron chi connectivity index (χ2n) is 6.32. The van der Waals surface area contributed by atoms with Crippen molar-refractivity contribution in [1.29, 1.82) is 5.26 Å². The third kappa shape index (κ3) is 3.19. The number of allylic oxidation sites excluding steroid dienone is 1. The summed E-state index contributed by atoms with van der Waals surface area (Å²) in [5.41, 5.74) is 8.79. The van der Waals surface area contributed by atoms with Crippen LogP contribution in [-0.2, 0) is 0 Å². The predicted octanol–water partition coefficient (Wildman–Crippen LogP) is 3.92. The van der Waals surface area contributed by atoms with Gasteiger partial charge in [0.05, 0.1) is 22.1 Å².